The van der Waals surface area contributed by atoms with Gasteiger partial charge < -0.3 is 25.4 Å². The zero-order valence-electron chi connectivity index (χ0n) is 30.4. The van der Waals surface area contributed by atoms with E-state index in [0.29, 0.717) is 87.9 Å². The molecule has 1 aliphatic heterocycles. The van der Waals surface area contributed by atoms with Crippen LogP contribution < -0.4 is 26.2 Å². The molecule has 1 aliphatic rings. The normalized spacial score (nSPS) is 14.5. The second kappa shape index (κ2) is 16.1. The van der Waals surface area contributed by atoms with Gasteiger partial charge in [-0.15, -0.1) is 0 Å². The Bertz CT molecular complexity index is 2230. The molecule has 0 bridgehead atoms. The van der Waals surface area contributed by atoms with Crippen LogP contribution >= 0.6 is 23.2 Å². The summed E-state index contributed by atoms with van der Waals surface area (Å²) >= 11 is 14.2. The van der Waals surface area contributed by atoms with Gasteiger partial charge in [0.2, 0.25) is 11.8 Å². The van der Waals surface area contributed by atoms with E-state index in [2.05, 4.69) is 16.0 Å². The van der Waals surface area contributed by atoms with E-state index < -0.39 is 5.41 Å². The number of nitrogens with one attached hydrogen (secondary N) is 3. The molecule has 3 aromatic heterocycles. The van der Waals surface area contributed by atoms with Crippen LogP contribution in [0.25, 0.3) is 39.0 Å². The lowest BCUT2D eigenvalue weighted by molar-refractivity contribution is -0.153. The van der Waals surface area contributed by atoms with Gasteiger partial charge in [0.1, 0.15) is 11.3 Å². The molecule has 4 heterocycles. The minimum atomic E-state index is -0.743. The number of benzene rings is 2. The van der Waals surface area contributed by atoms with Crippen molar-refractivity contribution in [3.05, 3.63) is 92.6 Å². The molecule has 1 amide bonds. The lowest BCUT2D eigenvalue weighted by atomic mass is 9.94. The van der Waals surface area contributed by atoms with E-state index in [1.165, 1.54) is 4.57 Å². The Labute approximate surface area is 317 Å². The topological polar surface area (TPSA) is 141 Å². The number of fused-ring (bicyclic) bond motifs is 1. The number of hydrogen-bond donors (Lipinski definition) is 3. The Morgan fingerprint density at radius 1 is 1.00 bits per heavy atom. The van der Waals surface area contributed by atoms with E-state index in [9.17, 15) is 14.4 Å². The van der Waals surface area contributed by atoms with Gasteiger partial charge in [0.05, 0.1) is 41.4 Å². The van der Waals surface area contributed by atoms with Gasteiger partial charge in [-0.05, 0) is 39.3 Å². The number of rotatable bonds is 14. The summed E-state index contributed by atoms with van der Waals surface area (Å²) in [5.41, 5.74) is 4.53. The van der Waals surface area contributed by atoms with E-state index in [0.717, 1.165) is 17.5 Å². The third-order valence-corrected chi connectivity index (χ3v) is 10.2. The highest BCUT2D eigenvalue weighted by molar-refractivity contribution is 6.39. The number of nitrogens with zero attached hydrogens (tertiary/aromatic N) is 4. The largest absolute Gasteiger partial charge is 0.481 e. The number of ether oxygens (including phenoxy) is 2. The van der Waals surface area contributed by atoms with E-state index >= 15 is 0 Å². The van der Waals surface area contributed by atoms with Crippen LogP contribution in [0.1, 0.15) is 45.0 Å². The van der Waals surface area contributed by atoms with Gasteiger partial charge in [0, 0.05) is 78.7 Å². The molecular formula is C39H43Cl2N7O5. The van der Waals surface area contributed by atoms with Gasteiger partial charge in [-0.25, -0.2) is 9.50 Å². The summed E-state index contributed by atoms with van der Waals surface area (Å²) < 4.78 is 13.9. The number of halogens is 2. The predicted octanol–water partition coefficient (Wildman–Crippen LogP) is 5.79. The first kappa shape index (κ1) is 38.0. The fourth-order valence-corrected chi connectivity index (χ4v) is 7.07. The maximum absolute atomic E-state index is 13.4. The molecule has 1 saturated heterocycles. The first-order valence-corrected chi connectivity index (χ1v) is 18.3. The molecular weight excluding hydrogens is 717 g/mol. The van der Waals surface area contributed by atoms with Crippen LogP contribution in [0.5, 0.6) is 5.88 Å². The zero-order valence-corrected chi connectivity index (χ0v) is 31.9. The van der Waals surface area contributed by atoms with Crippen LogP contribution in [-0.4, -0.2) is 63.9 Å². The molecule has 0 saturated carbocycles. The van der Waals surface area contributed by atoms with Crippen LogP contribution in [-0.2, 0) is 34.5 Å². The van der Waals surface area contributed by atoms with Crippen LogP contribution in [0.15, 0.2) is 65.6 Å². The lowest BCUT2D eigenvalue weighted by Gasteiger charge is -2.22. The number of pyridine rings is 1. The van der Waals surface area contributed by atoms with Gasteiger partial charge in [0.15, 0.2) is 0 Å². The molecule has 5 aromatic rings. The van der Waals surface area contributed by atoms with Crippen molar-refractivity contribution in [3.63, 3.8) is 0 Å². The average molecular weight is 761 g/mol. The highest BCUT2D eigenvalue weighted by Gasteiger charge is 2.29. The van der Waals surface area contributed by atoms with E-state index in [-0.39, 0.29) is 30.0 Å². The number of methoxy groups -OCH3 is 1. The molecule has 1 fully saturated rings. The number of carbonyl (C=O) groups excluding carboxylic acids is 2. The SMILES string of the molecule is CCOC(=O)C(C)(C)CNCc1nn2cc(-c3cccc(-c4cccc(-c5ccc(CNC[C@@H]6CCC(=O)N6)c(OC)n5)c4Cl)c3Cl)cc2c(=O)n1C. The molecule has 0 spiro atoms. The molecule has 14 heteroatoms. The minimum absolute atomic E-state index is 0.0871. The van der Waals surface area contributed by atoms with Crippen LogP contribution in [0.4, 0.5) is 0 Å². The first-order valence-electron chi connectivity index (χ1n) is 17.5. The Morgan fingerprint density at radius 2 is 1.70 bits per heavy atom. The van der Waals surface area contributed by atoms with E-state index in [4.69, 9.17) is 42.8 Å². The van der Waals surface area contributed by atoms with Crippen molar-refractivity contribution in [3.8, 4) is 39.4 Å². The van der Waals surface area contributed by atoms with Crippen molar-refractivity contribution >= 4 is 40.6 Å². The van der Waals surface area contributed by atoms with Gasteiger partial charge in [0.25, 0.3) is 5.56 Å². The van der Waals surface area contributed by atoms with Crippen molar-refractivity contribution in [2.75, 3.05) is 26.8 Å². The first-order chi connectivity index (χ1) is 25.4. The minimum Gasteiger partial charge on any atom is -0.481 e. The average Bonchev–Trinajstić information content (AvgIpc) is 3.76. The van der Waals surface area contributed by atoms with Gasteiger partial charge >= 0.3 is 5.97 Å². The molecule has 2 aromatic carbocycles. The molecule has 0 unspecified atom stereocenters. The summed E-state index contributed by atoms with van der Waals surface area (Å²) in [6, 6.07) is 17.2. The Balaban J connectivity index is 1.24. The summed E-state index contributed by atoms with van der Waals surface area (Å²) in [6.07, 6.45) is 3.16. The number of amides is 1. The maximum atomic E-state index is 13.4. The standard InChI is InChI=1S/C39H43Cl2N7O5/c1-6-53-38(51)39(2,3)22-43-20-32-46-48-21-24(17-31(48)37(50)47(32)4)26-9-7-10-27(34(26)40)28-11-8-12-29(35(28)41)30-15-13-23(36(45-30)52-5)18-42-19-25-14-16-33(49)44-25/h7-13,15,17,21,25,42-43H,6,14,16,18-20,22H2,1-5H3,(H,44,49)/t25-/m0/s1. The Kier molecular flexibility index (Phi) is 11.5. The van der Waals surface area contributed by atoms with Crippen molar-refractivity contribution in [1.82, 2.24) is 35.1 Å². The third kappa shape index (κ3) is 8.11. The summed E-state index contributed by atoms with van der Waals surface area (Å²) in [7, 11) is 3.26. The Hall–Kier alpha value is -4.75. The van der Waals surface area contributed by atoms with Crippen molar-refractivity contribution in [2.24, 2.45) is 12.5 Å². The zero-order chi connectivity index (χ0) is 37.9. The molecule has 3 N–H and O–H groups in total. The lowest BCUT2D eigenvalue weighted by Crippen LogP contribution is -2.38. The van der Waals surface area contributed by atoms with Crippen molar-refractivity contribution in [2.45, 2.75) is 52.7 Å². The van der Waals surface area contributed by atoms with Gasteiger partial charge in [-0.3, -0.25) is 19.0 Å². The highest BCUT2D eigenvalue weighted by Crippen LogP contribution is 2.42. The van der Waals surface area contributed by atoms with Gasteiger partial charge in [-0.1, -0.05) is 65.7 Å². The molecule has 12 nitrogen and oxygen atoms in total. The molecule has 278 valence electrons. The quantitative estimate of drug-likeness (QED) is 0.120. The third-order valence-electron chi connectivity index (χ3n) is 9.41. The van der Waals surface area contributed by atoms with Crippen LogP contribution in [0, 0.1) is 5.41 Å². The van der Waals surface area contributed by atoms with E-state index in [1.807, 2.05) is 48.5 Å². The monoisotopic (exact) mass is 759 g/mol. The van der Waals surface area contributed by atoms with Crippen molar-refractivity contribution < 1.29 is 19.1 Å². The Morgan fingerprint density at radius 3 is 2.38 bits per heavy atom. The number of carbonyl (C=O) groups is 2. The predicted molar refractivity (Wildman–Crippen MR) is 206 cm³/mol. The molecule has 0 radical (unpaired) electrons. The highest BCUT2D eigenvalue weighted by atomic mass is 35.5. The second-order valence-electron chi connectivity index (χ2n) is 13.7. The molecule has 6 rings (SSSR count). The molecule has 1 atom stereocenters. The smallest absolute Gasteiger partial charge is 0.312 e. The molecule has 0 aliphatic carbocycles. The maximum Gasteiger partial charge on any atom is 0.312 e. The number of aromatic nitrogens is 4. The summed E-state index contributed by atoms with van der Waals surface area (Å²) in [6.45, 7) is 7.50. The summed E-state index contributed by atoms with van der Waals surface area (Å²) in [5.74, 6) is 0.771. The van der Waals surface area contributed by atoms with Crippen LogP contribution in [0.3, 0.4) is 0 Å². The van der Waals surface area contributed by atoms with Crippen molar-refractivity contribution in [1.29, 1.82) is 0 Å². The van der Waals surface area contributed by atoms with Gasteiger partial charge in [-0.2, -0.15) is 5.10 Å². The summed E-state index contributed by atoms with van der Waals surface area (Å²) in [5, 5.41) is 15.2. The summed E-state index contributed by atoms with van der Waals surface area (Å²) in [4.78, 5) is 42.1. The van der Waals surface area contributed by atoms with E-state index in [1.54, 1.807) is 51.7 Å². The fraction of sp³-hybridized carbons (Fsp3) is 0.359. The number of esters is 1. The van der Waals surface area contributed by atoms with Crippen LogP contribution in [0.2, 0.25) is 10.0 Å². The number of hydrogen-bond acceptors (Lipinski definition) is 9. The molecule has 53 heavy (non-hydrogen) atoms. The fourth-order valence-electron chi connectivity index (χ4n) is 6.40. The second-order valence-corrected chi connectivity index (χ2v) is 14.4.